The first-order chi connectivity index (χ1) is 6.29. The molecule has 0 amide bonds. The predicted octanol–water partition coefficient (Wildman–Crippen LogP) is 2.30. The van der Waals surface area contributed by atoms with Crippen LogP contribution < -0.4 is 10.5 Å². The summed E-state index contributed by atoms with van der Waals surface area (Å²) >= 11 is 0. The second-order valence-corrected chi connectivity index (χ2v) is 2.82. The summed E-state index contributed by atoms with van der Waals surface area (Å²) in [6, 6.07) is 4.94. The Kier molecular flexibility index (Phi) is 6.49. The van der Waals surface area contributed by atoms with Crippen molar-refractivity contribution in [1.82, 2.24) is 0 Å². The fraction of sp³-hybridized carbons (Fsp3) is 0.400. The molecule has 0 aliphatic heterocycles. The summed E-state index contributed by atoms with van der Waals surface area (Å²) in [6.07, 6.45) is 1.61. The number of aryl methyl sites for hydroxylation is 1. The fourth-order valence-corrected chi connectivity index (χ4v) is 1.27. The highest BCUT2D eigenvalue weighted by molar-refractivity contribution is 8.93. The van der Waals surface area contributed by atoms with Crippen molar-refractivity contribution >= 4 is 17.0 Å². The number of benzene rings is 1. The molecule has 2 N–H and O–H groups in total. The Morgan fingerprint density at radius 3 is 2.71 bits per heavy atom. The molecule has 1 aromatic rings. The smallest absolute Gasteiger partial charge is 0.165 e. The molecular weight excluding hydrogens is 249 g/mol. The minimum Gasteiger partial charge on any atom is -0.493 e. The van der Waals surface area contributed by atoms with Gasteiger partial charge >= 0.3 is 0 Å². The van der Waals surface area contributed by atoms with Crippen molar-refractivity contribution < 1.29 is 9.13 Å². The summed E-state index contributed by atoms with van der Waals surface area (Å²) < 4.78 is 18.1. The third-order valence-corrected chi connectivity index (χ3v) is 1.90. The maximum absolute atomic E-state index is 13.1. The summed E-state index contributed by atoms with van der Waals surface area (Å²) in [7, 11) is 1.48. The Balaban J connectivity index is 0.00000169. The minimum absolute atomic E-state index is 0. The number of nitrogens with two attached hydrogens (primary N) is 1. The first kappa shape index (κ1) is 13.4. The number of rotatable bonds is 4. The molecule has 0 aliphatic carbocycles. The molecule has 0 spiro atoms. The Bertz CT molecular complexity index is 281. The third-order valence-electron chi connectivity index (χ3n) is 1.90. The zero-order valence-corrected chi connectivity index (χ0v) is 9.84. The molecule has 80 valence electrons. The molecule has 0 saturated carbocycles. The van der Waals surface area contributed by atoms with E-state index in [-0.39, 0.29) is 22.8 Å². The lowest BCUT2D eigenvalue weighted by molar-refractivity contribution is 0.381. The molecular formula is C10H15BrFNO. The van der Waals surface area contributed by atoms with E-state index < -0.39 is 0 Å². The Hall–Kier alpha value is -0.610. The first-order valence-electron chi connectivity index (χ1n) is 4.31. The van der Waals surface area contributed by atoms with Crippen LogP contribution in [0.5, 0.6) is 5.75 Å². The van der Waals surface area contributed by atoms with Gasteiger partial charge in [-0.05, 0) is 31.0 Å². The van der Waals surface area contributed by atoms with Crippen LogP contribution in [-0.4, -0.2) is 13.7 Å². The van der Waals surface area contributed by atoms with Gasteiger partial charge in [-0.25, -0.2) is 4.39 Å². The highest BCUT2D eigenvalue weighted by Crippen LogP contribution is 2.22. The second kappa shape index (κ2) is 6.79. The summed E-state index contributed by atoms with van der Waals surface area (Å²) in [4.78, 5) is 0. The van der Waals surface area contributed by atoms with Gasteiger partial charge in [0.1, 0.15) is 0 Å². The lowest BCUT2D eigenvalue weighted by Crippen LogP contribution is -2.02. The summed E-state index contributed by atoms with van der Waals surface area (Å²) in [5.41, 5.74) is 6.25. The van der Waals surface area contributed by atoms with E-state index in [0.717, 1.165) is 18.4 Å². The van der Waals surface area contributed by atoms with E-state index in [1.54, 1.807) is 6.07 Å². The van der Waals surface area contributed by atoms with Crippen molar-refractivity contribution in [2.45, 2.75) is 12.8 Å². The van der Waals surface area contributed by atoms with Gasteiger partial charge in [-0.2, -0.15) is 0 Å². The molecule has 0 aromatic heterocycles. The van der Waals surface area contributed by atoms with Crippen LogP contribution in [0.1, 0.15) is 12.0 Å². The van der Waals surface area contributed by atoms with Gasteiger partial charge in [0, 0.05) is 0 Å². The number of para-hydroxylation sites is 1. The molecule has 0 fully saturated rings. The summed E-state index contributed by atoms with van der Waals surface area (Å²) in [5.74, 6) is 0.0352. The number of methoxy groups -OCH3 is 1. The van der Waals surface area contributed by atoms with Crippen molar-refractivity contribution in [3.05, 3.63) is 29.6 Å². The zero-order valence-electron chi connectivity index (χ0n) is 8.13. The molecule has 1 aromatic carbocycles. The fourth-order valence-electron chi connectivity index (χ4n) is 1.27. The van der Waals surface area contributed by atoms with Crippen molar-refractivity contribution in [3.63, 3.8) is 0 Å². The Labute approximate surface area is 94.0 Å². The molecule has 0 bridgehead atoms. The van der Waals surface area contributed by atoms with E-state index in [1.807, 2.05) is 6.07 Å². The lowest BCUT2D eigenvalue weighted by Gasteiger charge is -2.08. The Morgan fingerprint density at radius 1 is 1.43 bits per heavy atom. The van der Waals surface area contributed by atoms with Crippen molar-refractivity contribution in [2.24, 2.45) is 5.73 Å². The highest BCUT2D eigenvalue weighted by Gasteiger charge is 2.07. The van der Waals surface area contributed by atoms with Crippen LogP contribution >= 0.6 is 17.0 Å². The predicted molar refractivity (Wildman–Crippen MR) is 60.6 cm³/mol. The normalized spacial score (nSPS) is 9.36. The molecule has 2 nitrogen and oxygen atoms in total. The van der Waals surface area contributed by atoms with Crippen LogP contribution in [0, 0.1) is 5.82 Å². The quantitative estimate of drug-likeness (QED) is 0.905. The van der Waals surface area contributed by atoms with Crippen LogP contribution in [0.15, 0.2) is 18.2 Å². The van der Waals surface area contributed by atoms with E-state index >= 15 is 0 Å². The lowest BCUT2D eigenvalue weighted by atomic mass is 10.1. The Morgan fingerprint density at radius 2 is 2.14 bits per heavy atom. The molecule has 0 radical (unpaired) electrons. The van der Waals surface area contributed by atoms with Crippen LogP contribution in [0.2, 0.25) is 0 Å². The SMILES string of the molecule is Br.COc1c(F)cccc1CCCN. The van der Waals surface area contributed by atoms with Crippen LogP contribution in [0.3, 0.4) is 0 Å². The first-order valence-corrected chi connectivity index (χ1v) is 4.31. The van der Waals surface area contributed by atoms with Gasteiger partial charge in [0.15, 0.2) is 11.6 Å². The highest BCUT2D eigenvalue weighted by atomic mass is 79.9. The standard InChI is InChI=1S/C10H14FNO.BrH/c1-13-10-8(5-3-7-12)4-2-6-9(10)11;/h2,4,6H,3,5,7,12H2,1H3;1H. The number of hydrogen-bond acceptors (Lipinski definition) is 2. The molecule has 0 heterocycles. The minimum atomic E-state index is -0.308. The number of halogens is 2. The van der Waals surface area contributed by atoms with E-state index in [9.17, 15) is 4.39 Å². The third kappa shape index (κ3) is 3.27. The summed E-state index contributed by atoms with van der Waals surface area (Å²) in [5, 5.41) is 0. The maximum Gasteiger partial charge on any atom is 0.165 e. The molecule has 0 aliphatic rings. The largest absolute Gasteiger partial charge is 0.493 e. The number of ether oxygens (including phenoxy) is 1. The summed E-state index contributed by atoms with van der Waals surface area (Å²) in [6.45, 7) is 0.611. The monoisotopic (exact) mass is 263 g/mol. The van der Waals surface area contributed by atoms with Crippen LogP contribution in [-0.2, 0) is 6.42 Å². The average molecular weight is 264 g/mol. The maximum atomic E-state index is 13.1. The van der Waals surface area contributed by atoms with Gasteiger partial charge in [0.25, 0.3) is 0 Å². The zero-order chi connectivity index (χ0) is 9.68. The van der Waals surface area contributed by atoms with E-state index in [1.165, 1.54) is 13.2 Å². The molecule has 0 unspecified atom stereocenters. The second-order valence-electron chi connectivity index (χ2n) is 2.82. The van der Waals surface area contributed by atoms with E-state index in [4.69, 9.17) is 10.5 Å². The van der Waals surface area contributed by atoms with Crippen molar-refractivity contribution in [3.8, 4) is 5.75 Å². The molecule has 0 saturated heterocycles. The van der Waals surface area contributed by atoms with Gasteiger partial charge in [-0.15, -0.1) is 17.0 Å². The topological polar surface area (TPSA) is 35.2 Å². The van der Waals surface area contributed by atoms with Gasteiger partial charge in [0.05, 0.1) is 7.11 Å². The molecule has 14 heavy (non-hydrogen) atoms. The van der Waals surface area contributed by atoms with Gasteiger partial charge in [0.2, 0.25) is 0 Å². The van der Waals surface area contributed by atoms with Gasteiger partial charge < -0.3 is 10.5 Å². The van der Waals surface area contributed by atoms with Crippen LogP contribution in [0.25, 0.3) is 0 Å². The van der Waals surface area contributed by atoms with Gasteiger partial charge in [-0.1, -0.05) is 12.1 Å². The molecule has 4 heteroatoms. The van der Waals surface area contributed by atoms with Crippen molar-refractivity contribution in [1.29, 1.82) is 0 Å². The van der Waals surface area contributed by atoms with Crippen LogP contribution in [0.4, 0.5) is 4.39 Å². The van der Waals surface area contributed by atoms with E-state index in [0.29, 0.717) is 12.3 Å². The van der Waals surface area contributed by atoms with Gasteiger partial charge in [-0.3, -0.25) is 0 Å². The van der Waals surface area contributed by atoms with E-state index in [2.05, 4.69) is 0 Å². The molecule has 1 rings (SSSR count). The van der Waals surface area contributed by atoms with Crippen molar-refractivity contribution in [2.75, 3.05) is 13.7 Å². The molecule has 0 atom stereocenters. The number of hydrogen-bond donors (Lipinski definition) is 1. The average Bonchev–Trinajstić information content (AvgIpc) is 2.15.